The van der Waals surface area contributed by atoms with Gasteiger partial charge in [-0.25, -0.2) is 4.79 Å². The number of rotatable bonds is 9. The fraction of sp³-hybridized carbons (Fsp3) is 0.308. The standard InChI is InChI=1S/C13H15NO7/c1-19-12-9-10(4-6-13(15)16)3-5-11(12)20-7-2-8-21-14(17)18/h3-6,9H,2,7-8H2,1H3,(H,15,16). The van der Waals surface area contributed by atoms with Crippen molar-refractivity contribution >= 4 is 12.0 Å². The van der Waals surface area contributed by atoms with Gasteiger partial charge in [0.05, 0.1) is 20.3 Å². The van der Waals surface area contributed by atoms with Gasteiger partial charge in [0.25, 0.3) is 5.09 Å². The Labute approximate surface area is 120 Å². The highest BCUT2D eigenvalue weighted by Crippen LogP contribution is 2.28. The molecule has 1 aromatic carbocycles. The molecule has 0 saturated carbocycles. The molecular formula is C13H15NO7. The minimum Gasteiger partial charge on any atom is -0.493 e. The zero-order valence-electron chi connectivity index (χ0n) is 11.4. The molecule has 0 aliphatic rings. The van der Waals surface area contributed by atoms with Gasteiger partial charge in [0.15, 0.2) is 11.5 Å². The third-order valence-electron chi connectivity index (χ3n) is 2.35. The van der Waals surface area contributed by atoms with Crippen LogP contribution in [0, 0.1) is 10.1 Å². The average Bonchev–Trinajstić information content (AvgIpc) is 2.45. The molecule has 0 aliphatic heterocycles. The van der Waals surface area contributed by atoms with Crippen molar-refractivity contribution < 1.29 is 29.3 Å². The van der Waals surface area contributed by atoms with E-state index in [4.69, 9.17) is 14.6 Å². The molecular weight excluding hydrogens is 282 g/mol. The molecule has 0 atom stereocenters. The summed E-state index contributed by atoms with van der Waals surface area (Å²) in [5, 5.41) is 17.7. The first-order chi connectivity index (χ1) is 10.0. The Hall–Kier alpha value is -2.77. The maximum atomic E-state index is 10.4. The molecule has 0 aliphatic carbocycles. The second kappa shape index (κ2) is 8.41. The van der Waals surface area contributed by atoms with Gasteiger partial charge in [-0.3, -0.25) is 0 Å². The Bertz CT molecular complexity index is 527. The summed E-state index contributed by atoms with van der Waals surface area (Å²) in [5.74, 6) is -0.135. The van der Waals surface area contributed by atoms with Crippen LogP contribution in [0.25, 0.3) is 6.08 Å². The number of hydrogen-bond acceptors (Lipinski definition) is 6. The van der Waals surface area contributed by atoms with E-state index in [0.29, 0.717) is 23.5 Å². The number of carboxylic acid groups (broad SMARTS) is 1. The average molecular weight is 297 g/mol. The molecule has 8 nitrogen and oxygen atoms in total. The highest BCUT2D eigenvalue weighted by atomic mass is 16.9. The number of nitrogens with zero attached hydrogens (tertiary/aromatic N) is 1. The minimum atomic E-state index is -1.04. The second-order valence-corrected chi connectivity index (χ2v) is 3.84. The summed E-state index contributed by atoms with van der Waals surface area (Å²) >= 11 is 0. The lowest BCUT2D eigenvalue weighted by molar-refractivity contribution is -0.757. The maximum Gasteiger partial charge on any atom is 0.328 e. The number of carbonyl (C=O) groups is 1. The van der Waals surface area contributed by atoms with Crippen LogP contribution in [-0.4, -0.2) is 36.5 Å². The number of ether oxygens (including phenoxy) is 2. The summed E-state index contributed by atoms with van der Waals surface area (Å²) in [6, 6.07) is 4.93. The highest BCUT2D eigenvalue weighted by Gasteiger charge is 2.05. The summed E-state index contributed by atoms with van der Waals surface area (Å²) in [6.45, 7) is 0.184. The van der Waals surface area contributed by atoms with Gasteiger partial charge in [-0.1, -0.05) is 6.07 Å². The Morgan fingerprint density at radius 2 is 2.14 bits per heavy atom. The molecule has 21 heavy (non-hydrogen) atoms. The lowest BCUT2D eigenvalue weighted by Crippen LogP contribution is -2.07. The first kappa shape index (κ1) is 16.3. The monoisotopic (exact) mass is 297 g/mol. The van der Waals surface area contributed by atoms with Crippen molar-refractivity contribution in [3.63, 3.8) is 0 Å². The number of carboxylic acids is 1. The maximum absolute atomic E-state index is 10.4. The van der Waals surface area contributed by atoms with Crippen LogP contribution in [0.5, 0.6) is 11.5 Å². The van der Waals surface area contributed by atoms with Crippen molar-refractivity contribution in [1.82, 2.24) is 0 Å². The molecule has 114 valence electrons. The van der Waals surface area contributed by atoms with Crippen molar-refractivity contribution in [2.75, 3.05) is 20.3 Å². The molecule has 0 radical (unpaired) electrons. The highest BCUT2D eigenvalue weighted by molar-refractivity contribution is 5.85. The van der Waals surface area contributed by atoms with Gasteiger partial charge >= 0.3 is 5.97 Å². The van der Waals surface area contributed by atoms with E-state index in [-0.39, 0.29) is 13.2 Å². The number of methoxy groups -OCH3 is 1. The van der Waals surface area contributed by atoms with Crippen molar-refractivity contribution in [2.24, 2.45) is 0 Å². The fourth-order valence-corrected chi connectivity index (χ4v) is 1.45. The largest absolute Gasteiger partial charge is 0.493 e. The first-order valence-electron chi connectivity index (χ1n) is 6.02. The molecule has 0 amide bonds. The van der Waals surface area contributed by atoms with Gasteiger partial charge < -0.3 is 19.4 Å². The molecule has 0 fully saturated rings. The van der Waals surface area contributed by atoms with Crippen LogP contribution >= 0.6 is 0 Å². The van der Waals surface area contributed by atoms with Crippen molar-refractivity contribution in [3.8, 4) is 11.5 Å². The van der Waals surface area contributed by atoms with E-state index in [2.05, 4.69) is 4.84 Å². The number of hydrogen-bond donors (Lipinski definition) is 1. The number of benzene rings is 1. The Balaban J connectivity index is 2.58. The zero-order valence-corrected chi connectivity index (χ0v) is 11.4. The van der Waals surface area contributed by atoms with E-state index in [1.807, 2.05) is 0 Å². The van der Waals surface area contributed by atoms with Gasteiger partial charge in [-0.15, -0.1) is 10.1 Å². The lowest BCUT2D eigenvalue weighted by atomic mass is 10.2. The molecule has 0 heterocycles. The molecule has 8 heteroatoms. The third-order valence-corrected chi connectivity index (χ3v) is 2.35. The molecule has 0 spiro atoms. The molecule has 0 unspecified atom stereocenters. The normalized spacial score (nSPS) is 10.3. The van der Waals surface area contributed by atoms with Crippen LogP contribution in [0.4, 0.5) is 0 Å². The smallest absolute Gasteiger partial charge is 0.328 e. The van der Waals surface area contributed by atoms with E-state index in [1.165, 1.54) is 13.2 Å². The SMILES string of the molecule is COc1cc(C=CC(=O)O)ccc1OCCCO[N+](=O)[O-]. The van der Waals surface area contributed by atoms with Crippen LogP contribution in [0.1, 0.15) is 12.0 Å². The zero-order chi connectivity index (χ0) is 15.7. The van der Waals surface area contributed by atoms with E-state index in [1.54, 1.807) is 18.2 Å². The van der Waals surface area contributed by atoms with Crippen molar-refractivity contribution in [3.05, 3.63) is 40.0 Å². The Morgan fingerprint density at radius 3 is 2.76 bits per heavy atom. The first-order valence-corrected chi connectivity index (χ1v) is 6.02. The summed E-state index contributed by atoms with van der Waals surface area (Å²) in [5.41, 5.74) is 0.651. The van der Waals surface area contributed by atoms with E-state index >= 15 is 0 Å². The van der Waals surface area contributed by atoms with Gasteiger partial charge in [0.2, 0.25) is 0 Å². The van der Waals surface area contributed by atoms with Crippen LogP contribution < -0.4 is 9.47 Å². The quantitative estimate of drug-likeness (QED) is 0.320. The third kappa shape index (κ3) is 6.28. The van der Waals surface area contributed by atoms with Crippen molar-refractivity contribution in [1.29, 1.82) is 0 Å². The van der Waals surface area contributed by atoms with E-state index in [0.717, 1.165) is 6.08 Å². The van der Waals surface area contributed by atoms with Crippen molar-refractivity contribution in [2.45, 2.75) is 6.42 Å². The topological polar surface area (TPSA) is 108 Å². The Morgan fingerprint density at radius 1 is 1.38 bits per heavy atom. The second-order valence-electron chi connectivity index (χ2n) is 3.84. The molecule has 1 rings (SSSR count). The van der Waals surface area contributed by atoms with E-state index in [9.17, 15) is 14.9 Å². The number of aliphatic carboxylic acids is 1. The fourth-order valence-electron chi connectivity index (χ4n) is 1.45. The minimum absolute atomic E-state index is 0.0469. The molecule has 0 saturated heterocycles. The summed E-state index contributed by atoms with van der Waals surface area (Å²) < 4.78 is 10.6. The molecule has 1 N–H and O–H groups in total. The molecule has 1 aromatic rings. The van der Waals surface area contributed by atoms with Crippen LogP contribution in [0.3, 0.4) is 0 Å². The molecule has 0 bridgehead atoms. The summed E-state index contributed by atoms with van der Waals surface area (Å²) in [7, 11) is 1.46. The van der Waals surface area contributed by atoms with Gasteiger partial charge in [-0.05, 0) is 23.8 Å². The van der Waals surface area contributed by atoms with Crippen LogP contribution in [-0.2, 0) is 9.63 Å². The van der Waals surface area contributed by atoms with E-state index < -0.39 is 11.1 Å². The van der Waals surface area contributed by atoms with Gasteiger partial charge in [-0.2, -0.15) is 0 Å². The summed E-state index contributed by atoms with van der Waals surface area (Å²) in [6.07, 6.45) is 2.80. The predicted molar refractivity (Wildman–Crippen MR) is 72.7 cm³/mol. The van der Waals surface area contributed by atoms with Gasteiger partial charge in [0.1, 0.15) is 0 Å². The van der Waals surface area contributed by atoms with Crippen LogP contribution in [0.15, 0.2) is 24.3 Å². The molecule has 0 aromatic heterocycles. The van der Waals surface area contributed by atoms with Gasteiger partial charge in [0, 0.05) is 12.5 Å². The Kier molecular flexibility index (Phi) is 6.52. The summed E-state index contributed by atoms with van der Waals surface area (Å²) in [4.78, 5) is 24.6. The van der Waals surface area contributed by atoms with Crippen LogP contribution in [0.2, 0.25) is 0 Å². The lowest BCUT2D eigenvalue weighted by Gasteiger charge is -2.11. The predicted octanol–water partition coefficient (Wildman–Crippen LogP) is 1.77.